The Balaban J connectivity index is 2.75. The Labute approximate surface area is 78.0 Å². The Hall–Kier alpha value is -1.31. The first kappa shape index (κ1) is 8.30. The predicted octanol–water partition coefficient (Wildman–Crippen LogP) is 2.86. The molecular weight excluding hydrogens is 160 g/mol. The Bertz CT molecular complexity index is 421. The van der Waals surface area contributed by atoms with Crippen LogP contribution in [-0.2, 0) is 5.41 Å². The quantitative estimate of drug-likeness (QED) is 0.653. The van der Waals surface area contributed by atoms with Crippen LogP contribution in [0, 0.1) is 0 Å². The number of hydrogen-bond donors (Lipinski definition) is 1. The van der Waals surface area contributed by atoms with E-state index in [4.69, 9.17) is 0 Å². The summed E-state index contributed by atoms with van der Waals surface area (Å²) in [6.07, 6.45) is 1.90. The normalized spacial score (nSPS) is 12.2. The number of nitrogens with zero attached hydrogens (tertiary/aromatic N) is 1. The first-order valence-electron chi connectivity index (χ1n) is 4.51. The maximum atomic E-state index is 4.05. The van der Waals surface area contributed by atoms with Gasteiger partial charge in [0.05, 0.1) is 11.7 Å². The zero-order chi connectivity index (χ0) is 9.47. The first-order chi connectivity index (χ1) is 6.09. The second kappa shape index (κ2) is 2.59. The minimum atomic E-state index is 0.184. The molecule has 0 aliphatic carbocycles. The fraction of sp³-hybridized carbons (Fsp3) is 0.364. The lowest BCUT2D eigenvalue weighted by Gasteiger charge is -2.19. The van der Waals surface area contributed by atoms with Crippen LogP contribution in [0.25, 0.3) is 10.9 Å². The summed E-state index contributed by atoms with van der Waals surface area (Å²) in [5.41, 5.74) is 2.65. The summed E-state index contributed by atoms with van der Waals surface area (Å²) in [7, 11) is 0. The molecule has 1 aromatic heterocycles. The van der Waals surface area contributed by atoms with Gasteiger partial charge in [-0.1, -0.05) is 32.9 Å². The summed E-state index contributed by atoms with van der Waals surface area (Å²) in [5.74, 6) is 0. The fourth-order valence-electron chi connectivity index (χ4n) is 1.62. The third-order valence-corrected chi connectivity index (χ3v) is 2.29. The molecule has 0 saturated heterocycles. The molecule has 2 rings (SSSR count). The van der Waals surface area contributed by atoms with Crippen LogP contribution in [0.3, 0.4) is 0 Å². The summed E-state index contributed by atoms with van der Waals surface area (Å²) in [6, 6.07) is 6.29. The Morgan fingerprint density at radius 2 is 2.00 bits per heavy atom. The molecule has 2 aromatic rings. The van der Waals surface area contributed by atoms with Crippen molar-refractivity contribution in [1.29, 1.82) is 0 Å². The van der Waals surface area contributed by atoms with Gasteiger partial charge in [-0.25, -0.2) is 0 Å². The second-order valence-electron chi connectivity index (χ2n) is 4.39. The van der Waals surface area contributed by atoms with Crippen LogP contribution in [0.5, 0.6) is 0 Å². The van der Waals surface area contributed by atoms with Crippen LogP contribution in [-0.4, -0.2) is 10.2 Å². The van der Waals surface area contributed by atoms with E-state index in [1.54, 1.807) is 0 Å². The van der Waals surface area contributed by atoms with E-state index in [2.05, 4.69) is 49.2 Å². The molecule has 0 aliphatic rings. The van der Waals surface area contributed by atoms with Gasteiger partial charge < -0.3 is 0 Å². The molecule has 0 fully saturated rings. The molecular formula is C11H14N2. The van der Waals surface area contributed by atoms with E-state index >= 15 is 0 Å². The van der Waals surface area contributed by atoms with Gasteiger partial charge in [0, 0.05) is 5.39 Å². The Kier molecular flexibility index (Phi) is 1.65. The molecule has 1 N–H and O–H groups in total. The van der Waals surface area contributed by atoms with Crippen molar-refractivity contribution >= 4 is 10.9 Å². The van der Waals surface area contributed by atoms with Gasteiger partial charge in [-0.15, -0.1) is 0 Å². The molecule has 0 saturated carbocycles. The molecule has 0 spiro atoms. The van der Waals surface area contributed by atoms with Gasteiger partial charge in [0.25, 0.3) is 0 Å². The molecule has 0 aliphatic heterocycles. The number of fused-ring (bicyclic) bond motifs is 1. The third-order valence-electron chi connectivity index (χ3n) is 2.29. The molecule has 2 heteroatoms. The smallest absolute Gasteiger partial charge is 0.0653 e. The molecule has 0 atom stereocenters. The van der Waals surface area contributed by atoms with Gasteiger partial charge >= 0.3 is 0 Å². The molecule has 1 aromatic carbocycles. The van der Waals surface area contributed by atoms with Crippen LogP contribution < -0.4 is 0 Å². The van der Waals surface area contributed by atoms with Gasteiger partial charge in [-0.2, -0.15) is 5.10 Å². The number of aromatic nitrogens is 2. The van der Waals surface area contributed by atoms with Crippen LogP contribution in [0.2, 0.25) is 0 Å². The van der Waals surface area contributed by atoms with Crippen molar-refractivity contribution in [2.45, 2.75) is 26.2 Å². The minimum absolute atomic E-state index is 0.184. The summed E-state index contributed by atoms with van der Waals surface area (Å²) in [5, 5.41) is 8.26. The summed E-state index contributed by atoms with van der Waals surface area (Å²) >= 11 is 0. The zero-order valence-electron chi connectivity index (χ0n) is 8.26. The maximum Gasteiger partial charge on any atom is 0.0653 e. The largest absolute Gasteiger partial charge is 0.278 e. The number of nitrogens with one attached hydrogen (secondary N) is 1. The molecule has 0 bridgehead atoms. The highest BCUT2D eigenvalue weighted by molar-refractivity contribution is 5.82. The lowest BCUT2D eigenvalue weighted by atomic mass is 9.85. The van der Waals surface area contributed by atoms with Crippen molar-refractivity contribution < 1.29 is 0 Å². The standard InChI is InChI=1S/C11H14N2/c1-11(2,3)9-5-4-6-10-8(9)7-12-13-10/h4-7H,1-3H3,(H,12,13). The van der Waals surface area contributed by atoms with Crippen LogP contribution in [0.15, 0.2) is 24.4 Å². The summed E-state index contributed by atoms with van der Waals surface area (Å²) in [6.45, 7) is 6.65. The van der Waals surface area contributed by atoms with Crippen LogP contribution >= 0.6 is 0 Å². The third kappa shape index (κ3) is 1.32. The van der Waals surface area contributed by atoms with E-state index in [-0.39, 0.29) is 5.41 Å². The van der Waals surface area contributed by atoms with E-state index in [1.807, 2.05) is 6.20 Å². The van der Waals surface area contributed by atoms with Crippen molar-refractivity contribution in [1.82, 2.24) is 10.2 Å². The van der Waals surface area contributed by atoms with Crippen molar-refractivity contribution in [3.05, 3.63) is 30.0 Å². The lowest BCUT2D eigenvalue weighted by Crippen LogP contribution is -2.10. The first-order valence-corrected chi connectivity index (χ1v) is 4.51. The number of H-pyrrole nitrogens is 1. The fourth-order valence-corrected chi connectivity index (χ4v) is 1.62. The van der Waals surface area contributed by atoms with E-state index in [9.17, 15) is 0 Å². The van der Waals surface area contributed by atoms with E-state index in [1.165, 1.54) is 10.9 Å². The molecule has 0 unspecified atom stereocenters. The van der Waals surface area contributed by atoms with Gasteiger partial charge in [0.15, 0.2) is 0 Å². The second-order valence-corrected chi connectivity index (χ2v) is 4.39. The van der Waals surface area contributed by atoms with Crippen LogP contribution in [0.1, 0.15) is 26.3 Å². The topological polar surface area (TPSA) is 28.7 Å². The van der Waals surface area contributed by atoms with Gasteiger partial charge in [0.2, 0.25) is 0 Å². The Morgan fingerprint density at radius 1 is 1.23 bits per heavy atom. The summed E-state index contributed by atoms with van der Waals surface area (Å²) in [4.78, 5) is 0. The molecule has 0 radical (unpaired) electrons. The zero-order valence-corrected chi connectivity index (χ0v) is 8.26. The number of benzene rings is 1. The van der Waals surface area contributed by atoms with Crippen molar-refractivity contribution in [3.63, 3.8) is 0 Å². The Morgan fingerprint density at radius 3 is 2.69 bits per heavy atom. The molecule has 0 amide bonds. The van der Waals surface area contributed by atoms with Crippen molar-refractivity contribution in [2.24, 2.45) is 0 Å². The van der Waals surface area contributed by atoms with E-state index in [0.29, 0.717) is 0 Å². The highest BCUT2D eigenvalue weighted by Gasteiger charge is 2.16. The number of hydrogen-bond acceptors (Lipinski definition) is 1. The number of rotatable bonds is 0. The highest BCUT2D eigenvalue weighted by atomic mass is 15.1. The average molecular weight is 174 g/mol. The lowest BCUT2D eigenvalue weighted by molar-refractivity contribution is 0.596. The highest BCUT2D eigenvalue weighted by Crippen LogP contribution is 2.28. The van der Waals surface area contributed by atoms with E-state index in [0.717, 1.165) is 5.52 Å². The monoisotopic (exact) mass is 174 g/mol. The predicted molar refractivity (Wildman–Crippen MR) is 54.8 cm³/mol. The van der Waals surface area contributed by atoms with E-state index < -0.39 is 0 Å². The van der Waals surface area contributed by atoms with Gasteiger partial charge in [0.1, 0.15) is 0 Å². The van der Waals surface area contributed by atoms with Crippen molar-refractivity contribution in [2.75, 3.05) is 0 Å². The molecule has 1 heterocycles. The maximum absolute atomic E-state index is 4.05. The van der Waals surface area contributed by atoms with Crippen molar-refractivity contribution in [3.8, 4) is 0 Å². The van der Waals surface area contributed by atoms with Crippen LogP contribution in [0.4, 0.5) is 0 Å². The average Bonchev–Trinajstić information content (AvgIpc) is 2.48. The van der Waals surface area contributed by atoms with Gasteiger partial charge in [-0.05, 0) is 17.0 Å². The molecule has 68 valence electrons. The minimum Gasteiger partial charge on any atom is -0.278 e. The van der Waals surface area contributed by atoms with Gasteiger partial charge in [-0.3, -0.25) is 5.10 Å². The summed E-state index contributed by atoms with van der Waals surface area (Å²) < 4.78 is 0. The molecule has 13 heavy (non-hydrogen) atoms. The number of aromatic amines is 1. The SMILES string of the molecule is CC(C)(C)c1cccc2[nH]ncc12. The molecule has 2 nitrogen and oxygen atoms in total.